The summed E-state index contributed by atoms with van der Waals surface area (Å²) in [7, 11) is 0. The van der Waals surface area contributed by atoms with Crippen LogP contribution in [0.4, 0.5) is 11.4 Å². The third-order valence-corrected chi connectivity index (χ3v) is 5.93. The van der Waals surface area contributed by atoms with E-state index in [-0.39, 0.29) is 0 Å². The lowest BCUT2D eigenvalue weighted by atomic mass is 10.0. The maximum absolute atomic E-state index is 5.06. The van der Waals surface area contributed by atoms with Crippen LogP contribution < -0.4 is 10.7 Å². The van der Waals surface area contributed by atoms with Gasteiger partial charge in [-0.25, -0.2) is 9.98 Å². The fourth-order valence-electron chi connectivity index (χ4n) is 4.67. The molecule has 0 unspecified atom stereocenters. The van der Waals surface area contributed by atoms with Crippen molar-refractivity contribution in [2.24, 2.45) is 9.98 Å². The van der Waals surface area contributed by atoms with Crippen LogP contribution in [0.15, 0.2) is 94.9 Å². The van der Waals surface area contributed by atoms with Crippen LogP contribution in [0.3, 0.4) is 0 Å². The number of benzene rings is 5. The van der Waals surface area contributed by atoms with Crippen molar-refractivity contribution < 1.29 is 0 Å². The zero-order valence-corrected chi connectivity index (χ0v) is 15.0. The summed E-state index contributed by atoms with van der Waals surface area (Å²) in [4.78, 5) is 9.89. The molecule has 0 fully saturated rings. The van der Waals surface area contributed by atoms with Crippen LogP contribution in [-0.4, -0.2) is 0 Å². The van der Waals surface area contributed by atoms with Gasteiger partial charge in [-0.3, -0.25) is 0 Å². The van der Waals surface area contributed by atoms with Crippen molar-refractivity contribution >= 4 is 32.9 Å². The van der Waals surface area contributed by atoms with Gasteiger partial charge < -0.3 is 0 Å². The molecule has 0 saturated heterocycles. The van der Waals surface area contributed by atoms with Gasteiger partial charge in [0.05, 0.1) is 22.1 Å². The Bertz CT molecular complexity index is 1820. The van der Waals surface area contributed by atoms with Crippen LogP contribution in [0.2, 0.25) is 0 Å². The highest BCUT2D eigenvalue weighted by Crippen LogP contribution is 2.29. The monoisotopic (exact) mass is 354 g/mol. The molecule has 0 spiro atoms. The molecule has 0 saturated carbocycles. The number of hydrogen-bond acceptors (Lipinski definition) is 2. The van der Waals surface area contributed by atoms with E-state index in [1.165, 1.54) is 42.4 Å². The van der Waals surface area contributed by atoms with Gasteiger partial charge in [-0.2, -0.15) is 0 Å². The molecule has 0 bridgehead atoms. The molecule has 0 radical (unpaired) electrons. The maximum Gasteiger partial charge on any atom is 0.0795 e. The van der Waals surface area contributed by atoms with E-state index >= 15 is 0 Å². The summed E-state index contributed by atoms with van der Waals surface area (Å²) in [5, 5.41) is 11.9. The molecular formula is C26H14N2. The average molecular weight is 354 g/mol. The predicted molar refractivity (Wildman–Crippen MR) is 111 cm³/mol. The number of nitrogens with zero attached hydrogens (tertiary/aromatic N) is 2. The van der Waals surface area contributed by atoms with Crippen molar-refractivity contribution in [3.8, 4) is 0 Å². The molecule has 0 aliphatic carbocycles. The van der Waals surface area contributed by atoms with E-state index in [4.69, 9.17) is 9.98 Å². The Morgan fingerprint density at radius 1 is 0.500 bits per heavy atom. The summed E-state index contributed by atoms with van der Waals surface area (Å²) in [6.45, 7) is 0. The SMILES string of the molecule is c1ccc2c(c1)=Nc1ccc3c(c1=2)=c1ccc2cc4ccccc4cc2c1=N3. The number of rotatable bonds is 0. The summed E-state index contributed by atoms with van der Waals surface area (Å²) in [5.41, 5.74) is 2.09. The molecule has 5 aromatic rings. The van der Waals surface area contributed by atoms with E-state index in [0.29, 0.717) is 0 Å². The lowest BCUT2D eigenvalue weighted by Crippen LogP contribution is -2.02. The first kappa shape index (κ1) is 14.3. The molecule has 28 heavy (non-hydrogen) atoms. The van der Waals surface area contributed by atoms with Crippen molar-refractivity contribution in [3.05, 3.63) is 117 Å². The summed E-state index contributed by atoms with van der Waals surface area (Å²) in [5.74, 6) is 0. The van der Waals surface area contributed by atoms with E-state index in [1.54, 1.807) is 0 Å². The molecule has 2 aliphatic heterocycles. The van der Waals surface area contributed by atoms with Gasteiger partial charge in [-0.1, -0.05) is 54.6 Å². The normalized spacial score (nSPS) is 12.9. The largest absolute Gasteiger partial charge is 0.248 e. The zero-order valence-electron chi connectivity index (χ0n) is 15.0. The van der Waals surface area contributed by atoms with Crippen molar-refractivity contribution in [2.75, 3.05) is 0 Å². The van der Waals surface area contributed by atoms with Gasteiger partial charge in [0.25, 0.3) is 0 Å². The third kappa shape index (κ3) is 1.72. The van der Waals surface area contributed by atoms with Gasteiger partial charge in [-0.05, 0) is 46.5 Å². The van der Waals surface area contributed by atoms with E-state index in [9.17, 15) is 0 Å². The van der Waals surface area contributed by atoms with Crippen LogP contribution in [-0.2, 0) is 0 Å². The predicted octanol–water partition coefficient (Wildman–Crippen LogP) is 5.10. The molecule has 2 heterocycles. The van der Waals surface area contributed by atoms with Crippen molar-refractivity contribution in [1.82, 2.24) is 0 Å². The molecule has 0 amide bonds. The Hall–Kier alpha value is -3.78. The van der Waals surface area contributed by atoms with E-state index < -0.39 is 0 Å². The van der Waals surface area contributed by atoms with Gasteiger partial charge >= 0.3 is 0 Å². The standard InChI is InChI=1S/C26H14N2/c1-2-6-16-14-20-17(13-15(16)5-1)9-10-19-25-23(28-26(19)20)12-11-22-24(25)18-7-3-4-8-21(18)27-22/h1-14H. The number of fused-ring (bicyclic) bond motifs is 8. The highest BCUT2D eigenvalue weighted by atomic mass is 14.8. The summed E-state index contributed by atoms with van der Waals surface area (Å²) in [6.07, 6.45) is 0. The molecule has 0 atom stereocenters. The van der Waals surface area contributed by atoms with Crippen LogP contribution in [0.25, 0.3) is 21.5 Å². The second-order valence-electron chi connectivity index (χ2n) is 7.48. The minimum atomic E-state index is 1.04. The van der Waals surface area contributed by atoms with Crippen molar-refractivity contribution in [3.63, 3.8) is 0 Å². The van der Waals surface area contributed by atoms with Crippen LogP contribution in [0.5, 0.6) is 0 Å². The van der Waals surface area contributed by atoms with Gasteiger partial charge in [0.2, 0.25) is 0 Å². The minimum absolute atomic E-state index is 1.04. The quantitative estimate of drug-likeness (QED) is 0.339. The van der Waals surface area contributed by atoms with Crippen molar-refractivity contribution in [1.29, 1.82) is 0 Å². The molecular weight excluding hydrogens is 340 g/mol. The Morgan fingerprint density at radius 2 is 1.21 bits per heavy atom. The Kier molecular flexibility index (Phi) is 2.52. The lowest BCUT2D eigenvalue weighted by Gasteiger charge is -2.02. The van der Waals surface area contributed by atoms with Crippen LogP contribution in [0, 0.1) is 20.9 Å². The first-order valence-corrected chi connectivity index (χ1v) is 9.53. The van der Waals surface area contributed by atoms with Gasteiger partial charge in [-0.15, -0.1) is 0 Å². The van der Waals surface area contributed by atoms with Gasteiger partial charge in [0, 0.05) is 26.3 Å². The Labute approximate surface area is 159 Å². The number of hydrogen-bond donors (Lipinski definition) is 0. The second kappa shape index (κ2) is 4.93. The fraction of sp³-hybridized carbons (Fsp3) is 0. The Morgan fingerprint density at radius 3 is 2.11 bits per heavy atom. The highest BCUT2D eigenvalue weighted by molar-refractivity contribution is 5.98. The first-order valence-electron chi connectivity index (χ1n) is 9.53. The lowest BCUT2D eigenvalue weighted by molar-refractivity contribution is 1.37. The van der Waals surface area contributed by atoms with Gasteiger partial charge in [0.1, 0.15) is 0 Å². The third-order valence-electron chi connectivity index (χ3n) is 5.93. The fourth-order valence-corrected chi connectivity index (χ4v) is 4.67. The van der Waals surface area contributed by atoms with E-state index in [1.807, 2.05) is 6.07 Å². The van der Waals surface area contributed by atoms with Crippen LogP contribution >= 0.6 is 0 Å². The molecule has 2 nitrogen and oxygen atoms in total. The molecule has 2 heteroatoms. The maximum atomic E-state index is 5.06. The molecule has 2 aliphatic rings. The summed E-state index contributed by atoms with van der Waals surface area (Å²) in [6, 6.07) is 30.1. The molecule has 0 aromatic heterocycles. The molecule has 5 aromatic carbocycles. The van der Waals surface area contributed by atoms with E-state index in [0.717, 1.165) is 22.1 Å². The van der Waals surface area contributed by atoms with E-state index in [2.05, 4.69) is 78.9 Å². The van der Waals surface area contributed by atoms with Crippen molar-refractivity contribution in [2.45, 2.75) is 0 Å². The second-order valence-corrected chi connectivity index (χ2v) is 7.48. The van der Waals surface area contributed by atoms with Gasteiger partial charge in [0.15, 0.2) is 0 Å². The average Bonchev–Trinajstić information content (AvgIpc) is 3.30. The van der Waals surface area contributed by atoms with Crippen LogP contribution in [0.1, 0.15) is 0 Å². The first-order chi connectivity index (χ1) is 13.9. The minimum Gasteiger partial charge on any atom is -0.248 e. The highest BCUT2D eigenvalue weighted by Gasteiger charge is 2.13. The summed E-state index contributed by atoms with van der Waals surface area (Å²) >= 11 is 0. The zero-order chi connectivity index (χ0) is 18.2. The molecule has 0 N–H and O–H groups in total. The topological polar surface area (TPSA) is 24.7 Å². The molecule has 128 valence electrons. The Balaban J connectivity index is 1.78. The summed E-state index contributed by atoms with van der Waals surface area (Å²) < 4.78 is 0. The number of para-hydroxylation sites is 1. The molecule has 7 rings (SSSR count). The smallest absolute Gasteiger partial charge is 0.0795 e.